The lowest BCUT2D eigenvalue weighted by Gasteiger charge is -2.27. The zero-order valence-electron chi connectivity index (χ0n) is 20.6. The molecule has 0 atom stereocenters. The molecule has 37 heavy (non-hydrogen) atoms. The number of benzene rings is 2. The fraction of sp³-hybridized carbons (Fsp3) is 0.440. The average Bonchev–Trinajstić information content (AvgIpc) is 3.30. The molecule has 1 amide bonds. The molecular formula is C25H31ClFN3O5S2. The van der Waals surface area contributed by atoms with Gasteiger partial charge in [-0.15, -0.1) is 12.4 Å². The van der Waals surface area contributed by atoms with Gasteiger partial charge in [-0.1, -0.05) is 11.3 Å². The number of morpholine rings is 1. The first kappa shape index (κ1) is 29.2. The summed E-state index contributed by atoms with van der Waals surface area (Å²) in [5.74, 6) is -0.165. The molecule has 4 rings (SSSR count). The SMILES string of the molecule is COc1ccc2sc(N(CCCN3CCOCC3)C(=O)CCCS(=O)(=O)c3ccc(F)cc3)nc2c1.Cl. The lowest BCUT2D eigenvalue weighted by atomic mass is 10.2. The normalized spacial score (nSPS) is 14.3. The van der Waals surface area contributed by atoms with Gasteiger partial charge in [-0.05, 0) is 49.2 Å². The van der Waals surface area contributed by atoms with Crippen molar-refractivity contribution >= 4 is 54.8 Å². The highest BCUT2D eigenvalue weighted by atomic mass is 35.5. The van der Waals surface area contributed by atoms with Crippen molar-refractivity contribution in [3.05, 3.63) is 48.3 Å². The summed E-state index contributed by atoms with van der Waals surface area (Å²) >= 11 is 1.43. The zero-order valence-corrected chi connectivity index (χ0v) is 23.0. The second-order valence-electron chi connectivity index (χ2n) is 8.56. The van der Waals surface area contributed by atoms with E-state index in [1.54, 1.807) is 12.0 Å². The summed E-state index contributed by atoms with van der Waals surface area (Å²) in [5, 5.41) is 0.589. The fourth-order valence-electron chi connectivity index (χ4n) is 4.05. The maximum atomic E-state index is 13.3. The van der Waals surface area contributed by atoms with E-state index < -0.39 is 15.7 Å². The van der Waals surface area contributed by atoms with Gasteiger partial charge in [-0.3, -0.25) is 14.6 Å². The van der Waals surface area contributed by atoms with Crippen LogP contribution in [0.5, 0.6) is 5.75 Å². The van der Waals surface area contributed by atoms with Crippen molar-refractivity contribution in [2.75, 3.05) is 57.2 Å². The predicted molar refractivity (Wildman–Crippen MR) is 145 cm³/mol. The van der Waals surface area contributed by atoms with Crippen LogP contribution in [-0.2, 0) is 19.4 Å². The number of sulfone groups is 1. The number of thiazole rings is 1. The van der Waals surface area contributed by atoms with Gasteiger partial charge in [0.2, 0.25) is 5.91 Å². The highest BCUT2D eigenvalue weighted by Gasteiger charge is 2.22. The Bertz CT molecular complexity index is 1280. The highest BCUT2D eigenvalue weighted by Crippen LogP contribution is 2.32. The second-order valence-corrected chi connectivity index (χ2v) is 11.7. The number of hydrogen-bond donors (Lipinski definition) is 0. The molecule has 1 aliphatic heterocycles. The number of ether oxygens (including phenoxy) is 2. The number of methoxy groups -OCH3 is 1. The minimum Gasteiger partial charge on any atom is -0.497 e. The van der Waals surface area contributed by atoms with Crippen molar-refractivity contribution in [2.45, 2.75) is 24.2 Å². The zero-order chi connectivity index (χ0) is 25.5. The average molecular weight is 572 g/mol. The van der Waals surface area contributed by atoms with Crippen molar-refractivity contribution in [1.29, 1.82) is 0 Å². The van der Waals surface area contributed by atoms with Gasteiger partial charge in [0.15, 0.2) is 15.0 Å². The number of amides is 1. The molecule has 2 heterocycles. The molecule has 202 valence electrons. The number of nitrogens with zero attached hydrogens (tertiary/aromatic N) is 3. The molecule has 0 radical (unpaired) electrons. The third-order valence-corrected chi connectivity index (χ3v) is 8.93. The van der Waals surface area contributed by atoms with Gasteiger partial charge in [0.25, 0.3) is 0 Å². The van der Waals surface area contributed by atoms with Crippen LogP contribution < -0.4 is 9.64 Å². The summed E-state index contributed by atoms with van der Waals surface area (Å²) in [6.45, 7) is 4.49. The molecule has 0 spiro atoms. The first-order valence-electron chi connectivity index (χ1n) is 11.9. The quantitative estimate of drug-likeness (QED) is 0.319. The lowest BCUT2D eigenvalue weighted by Crippen LogP contribution is -2.39. The van der Waals surface area contributed by atoms with Crippen LogP contribution >= 0.6 is 23.7 Å². The molecule has 2 aromatic carbocycles. The molecule has 1 saturated heterocycles. The predicted octanol–water partition coefficient (Wildman–Crippen LogP) is 4.18. The Morgan fingerprint density at radius 3 is 2.59 bits per heavy atom. The number of fused-ring (bicyclic) bond motifs is 1. The number of hydrogen-bond acceptors (Lipinski definition) is 8. The minimum atomic E-state index is -3.61. The first-order valence-corrected chi connectivity index (χ1v) is 14.4. The van der Waals surface area contributed by atoms with Crippen LogP contribution in [0, 0.1) is 5.82 Å². The third kappa shape index (κ3) is 7.84. The van der Waals surface area contributed by atoms with Crippen LogP contribution in [0.3, 0.4) is 0 Å². The van der Waals surface area contributed by atoms with Gasteiger partial charge in [0.05, 0.1) is 41.2 Å². The van der Waals surface area contributed by atoms with Gasteiger partial charge in [0, 0.05) is 38.7 Å². The number of rotatable bonds is 11. The molecule has 0 unspecified atom stereocenters. The van der Waals surface area contributed by atoms with Crippen LogP contribution in [0.2, 0.25) is 0 Å². The van der Waals surface area contributed by atoms with Crippen LogP contribution in [0.4, 0.5) is 9.52 Å². The van der Waals surface area contributed by atoms with E-state index in [1.165, 1.54) is 23.5 Å². The highest BCUT2D eigenvalue weighted by molar-refractivity contribution is 7.91. The van der Waals surface area contributed by atoms with E-state index in [-0.39, 0.29) is 41.8 Å². The van der Waals surface area contributed by atoms with Gasteiger partial charge < -0.3 is 9.47 Å². The van der Waals surface area contributed by atoms with Crippen molar-refractivity contribution in [3.63, 3.8) is 0 Å². The van der Waals surface area contributed by atoms with E-state index >= 15 is 0 Å². The standard InChI is InChI=1S/C25H30FN3O5S2.ClH/c1-33-20-7-10-23-22(18-20)27-25(35-23)29(12-3-11-28-13-15-34-16-14-28)24(30)4-2-17-36(31,32)21-8-5-19(26)6-9-21;/h5-10,18H,2-4,11-17H2,1H3;1H. The smallest absolute Gasteiger partial charge is 0.228 e. The molecule has 0 saturated carbocycles. The minimum absolute atomic E-state index is 0. The number of carbonyl (C=O) groups is 1. The van der Waals surface area contributed by atoms with Crippen molar-refractivity contribution in [1.82, 2.24) is 9.88 Å². The summed E-state index contributed by atoms with van der Waals surface area (Å²) in [6, 6.07) is 10.4. The molecule has 8 nitrogen and oxygen atoms in total. The van der Waals surface area contributed by atoms with Crippen LogP contribution in [0.25, 0.3) is 10.2 Å². The molecule has 0 N–H and O–H groups in total. The van der Waals surface area contributed by atoms with Crippen molar-refractivity contribution in [2.24, 2.45) is 0 Å². The Morgan fingerprint density at radius 1 is 1.16 bits per heavy atom. The van der Waals surface area contributed by atoms with E-state index in [4.69, 9.17) is 9.47 Å². The van der Waals surface area contributed by atoms with Gasteiger partial charge in [-0.2, -0.15) is 0 Å². The van der Waals surface area contributed by atoms with Gasteiger partial charge in [0.1, 0.15) is 11.6 Å². The molecule has 1 aromatic heterocycles. The summed E-state index contributed by atoms with van der Waals surface area (Å²) in [6.07, 6.45) is 0.993. The molecule has 12 heteroatoms. The number of anilines is 1. The topological polar surface area (TPSA) is 89.0 Å². The van der Waals surface area contributed by atoms with E-state index in [1.807, 2.05) is 18.2 Å². The molecular weight excluding hydrogens is 541 g/mol. The number of halogens is 2. The Kier molecular flexibility index (Phi) is 10.7. The molecule has 1 fully saturated rings. The van der Waals surface area contributed by atoms with Crippen molar-refractivity contribution in [3.8, 4) is 5.75 Å². The maximum Gasteiger partial charge on any atom is 0.228 e. The Morgan fingerprint density at radius 2 is 1.89 bits per heavy atom. The molecule has 0 aliphatic carbocycles. The number of aromatic nitrogens is 1. The first-order chi connectivity index (χ1) is 17.4. The summed E-state index contributed by atoms with van der Waals surface area (Å²) in [5.41, 5.74) is 0.749. The Hall–Kier alpha value is -2.31. The number of carbonyl (C=O) groups excluding carboxylic acids is 1. The Labute approximate surface area is 226 Å². The van der Waals surface area contributed by atoms with Crippen LogP contribution in [0.1, 0.15) is 19.3 Å². The largest absolute Gasteiger partial charge is 0.497 e. The van der Waals surface area contributed by atoms with Crippen molar-refractivity contribution < 1.29 is 27.1 Å². The molecule has 0 bridgehead atoms. The third-order valence-electron chi connectivity index (χ3n) is 6.05. The van der Waals surface area contributed by atoms with E-state index in [0.29, 0.717) is 30.6 Å². The summed E-state index contributed by atoms with van der Waals surface area (Å²) in [7, 11) is -2.01. The lowest BCUT2D eigenvalue weighted by molar-refractivity contribution is -0.118. The maximum absolute atomic E-state index is 13.3. The molecule has 1 aliphatic rings. The fourth-order valence-corrected chi connectivity index (χ4v) is 6.35. The molecule has 3 aromatic rings. The van der Waals surface area contributed by atoms with Gasteiger partial charge in [-0.25, -0.2) is 17.8 Å². The van der Waals surface area contributed by atoms with Crippen LogP contribution in [-0.4, -0.2) is 76.5 Å². The van der Waals surface area contributed by atoms with E-state index in [0.717, 1.165) is 48.4 Å². The van der Waals surface area contributed by atoms with Crippen LogP contribution in [0.15, 0.2) is 47.4 Å². The second kappa shape index (κ2) is 13.5. The summed E-state index contributed by atoms with van der Waals surface area (Å²) < 4.78 is 50.0. The van der Waals surface area contributed by atoms with E-state index in [2.05, 4.69) is 9.88 Å². The Balaban J connectivity index is 0.00000380. The summed E-state index contributed by atoms with van der Waals surface area (Å²) in [4.78, 5) is 22.0. The van der Waals surface area contributed by atoms with E-state index in [9.17, 15) is 17.6 Å². The van der Waals surface area contributed by atoms with Gasteiger partial charge >= 0.3 is 0 Å². The monoisotopic (exact) mass is 571 g/mol.